The molecular weight excluding hydrogens is 138 g/mol. The van der Waals surface area contributed by atoms with E-state index in [9.17, 15) is 4.79 Å². The summed E-state index contributed by atoms with van der Waals surface area (Å²) < 4.78 is 0. The number of carbonyl (C=O) groups excluding carboxylic acids is 1. The van der Waals surface area contributed by atoms with E-state index in [0.29, 0.717) is 6.54 Å². The van der Waals surface area contributed by atoms with E-state index >= 15 is 0 Å². The van der Waals surface area contributed by atoms with E-state index in [1.807, 2.05) is 13.8 Å². The highest BCUT2D eigenvalue weighted by molar-refractivity contribution is 5.87. The molecule has 2 nitrogen and oxygen atoms in total. The first kappa shape index (κ1) is 9.95. The summed E-state index contributed by atoms with van der Waals surface area (Å²) in [7, 11) is 1.76. The second kappa shape index (κ2) is 4.72. The van der Waals surface area contributed by atoms with E-state index in [4.69, 9.17) is 0 Å². The molecule has 0 aliphatic heterocycles. The Labute approximate surface area is 68.2 Å². The molecule has 0 spiro atoms. The minimum absolute atomic E-state index is 0.0236. The number of amides is 1. The Morgan fingerprint density at radius 2 is 2.18 bits per heavy atom. The van der Waals surface area contributed by atoms with Crippen molar-refractivity contribution in [2.45, 2.75) is 13.8 Å². The standard InChI is InChI=1S/C9H15NO/c1-5-6-9(11)10(4)7-8(2)3/h5-6H,2,7H2,1,3-4H3/b6-5+. The molecule has 0 aromatic rings. The van der Waals surface area contributed by atoms with Gasteiger partial charge in [-0.25, -0.2) is 0 Å². The highest BCUT2D eigenvalue weighted by Crippen LogP contribution is 1.93. The number of nitrogens with zero attached hydrogens (tertiary/aromatic N) is 1. The lowest BCUT2D eigenvalue weighted by Crippen LogP contribution is -2.26. The number of hydrogen-bond donors (Lipinski definition) is 0. The van der Waals surface area contributed by atoms with Crippen LogP contribution in [0, 0.1) is 0 Å². The van der Waals surface area contributed by atoms with Gasteiger partial charge in [0, 0.05) is 13.6 Å². The van der Waals surface area contributed by atoms with E-state index in [1.54, 1.807) is 24.1 Å². The van der Waals surface area contributed by atoms with E-state index < -0.39 is 0 Å². The van der Waals surface area contributed by atoms with Crippen LogP contribution in [0.5, 0.6) is 0 Å². The van der Waals surface area contributed by atoms with Crippen molar-refractivity contribution in [3.8, 4) is 0 Å². The quantitative estimate of drug-likeness (QED) is 0.445. The summed E-state index contributed by atoms with van der Waals surface area (Å²) in [6.45, 7) is 8.08. The molecule has 0 unspecified atom stereocenters. The molecule has 0 aromatic heterocycles. The molecule has 0 atom stereocenters. The number of likely N-dealkylation sites (N-methyl/N-ethyl adjacent to an activating group) is 1. The number of carbonyl (C=O) groups is 1. The van der Waals surface area contributed by atoms with Crippen molar-refractivity contribution in [2.75, 3.05) is 13.6 Å². The second-order valence-electron chi connectivity index (χ2n) is 2.65. The Morgan fingerprint density at radius 3 is 2.55 bits per heavy atom. The third kappa shape index (κ3) is 4.37. The Hall–Kier alpha value is -1.05. The minimum Gasteiger partial charge on any atom is -0.338 e. The molecule has 0 fully saturated rings. The SMILES string of the molecule is C=C(C)CN(C)C(=O)/C=C/C. The van der Waals surface area contributed by atoms with Crippen molar-refractivity contribution in [1.29, 1.82) is 0 Å². The van der Waals surface area contributed by atoms with Gasteiger partial charge in [0.1, 0.15) is 0 Å². The fourth-order valence-corrected chi connectivity index (χ4v) is 0.753. The first-order chi connectivity index (χ1) is 5.07. The molecule has 0 heterocycles. The molecule has 0 aliphatic carbocycles. The van der Waals surface area contributed by atoms with Crippen molar-refractivity contribution < 1.29 is 4.79 Å². The zero-order valence-electron chi connectivity index (χ0n) is 7.42. The summed E-state index contributed by atoms with van der Waals surface area (Å²) in [4.78, 5) is 12.7. The maximum Gasteiger partial charge on any atom is 0.246 e. The van der Waals surface area contributed by atoms with Gasteiger partial charge in [-0.15, -0.1) is 0 Å². The van der Waals surface area contributed by atoms with Gasteiger partial charge in [-0.3, -0.25) is 4.79 Å². The maximum absolute atomic E-state index is 11.1. The van der Waals surface area contributed by atoms with Crippen LogP contribution >= 0.6 is 0 Å². The third-order valence-corrected chi connectivity index (χ3v) is 1.19. The van der Waals surface area contributed by atoms with Gasteiger partial charge in [0.15, 0.2) is 0 Å². The van der Waals surface area contributed by atoms with Crippen molar-refractivity contribution in [1.82, 2.24) is 4.90 Å². The number of rotatable bonds is 3. The van der Waals surface area contributed by atoms with Crippen LogP contribution in [0.3, 0.4) is 0 Å². The lowest BCUT2D eigenvalue weighted by Gasteiger charge is -2.14. The van der Waals surface area contributed by atoms with Gasteiger partial charge in [0.25, 0.3) is 0 Å². The lowest BCUT2D eigenvalue weighted by molar-refractivity contribution is -0.124. The van der Waals surface area contributed by atoms with Crippen molar-refractivity contribution >= 4 is 5.91 Å². The van der Waals surface area contributed by atoms with Gasteiger partial charge in [-0.05, 0) is 19.9 Å². The molecule has 0 aliphatic rings. The summed E-state index contributed by atoms with van der Waals surface area (Å²) >= 11 is 0. The zero-order chi connectivity index (χ0) is 8.85. The number of hydrogen-bond acceptors (Lipinski definition) is 1. The van der Waals surface area contributed by atoms with Crippen LogP contribution in [0.2, 0.25) is 0 Å². The van der Waals surface area contributed by atoms with Crippen LogP contribution in [0.15, 0.2) is 24.3 Å². The van der Waals surface area contributed by atoms with E-state index in [-0.39, 0.29) is 5.91 Å². The summed E-state index contributed by atoms with van der Waals surface area (Å²) in [6.07, 6.45) is 3.28. The lowest BCUT2D eigenvalue weighted by atomic mass is 10.3. The van der Waals surface area contributed by atoms with E-state index in [1.165, 1.54) is 0 Å². The maximum atomic E-state index is 11.1. The Morgan fingerprint density at radius 1 is 1.64 bits per heavy atom. The first-order valence-corrected chi connectivity index (χ1v) is 3.60. The Balaban J connectivity index is 3.92. The normalized spacial score (nSPS) is 10.1. The summed E-state index contributed by atoms with van der Waals surface area (Å²) in [6, 6.07) is 0. The Bertz CT molecular complexity index is 182. The third-order valence-electron chi connectivity index (χ3n) is 1.19. The molecule has 0 saturated heterocycles. The molecular formula is C9H15NO. The predicted octanol–water partition coefficient (Wildman–Crippen LogP) is 1.60. The van der Waals surface area contributed by atoms with Crippen LogP contribution in [-0.2, 0) is 4.79 Å². The summed E-state index contributed by atoms with van der Waals surface area (Å²) in [5.74, 6) is 0.0236. The van der Waals surface area contributed by atoms with E-state index in [0.717, 1.165) is 5.57 Å². The molecule has 62 valence electrons. The molecule has 0 saturated carbocycles. The highest BCUT2D eigenvalue weighted by atomic mass is 16.2. The second-order valence-corrected chi connectivity index (χ2v) is 2.65. The van der Waals surface area contributed by atoms with Crippen LogP contribution in [0.1, 0.15) is 13.8 Å². The monoisotopic (exact) mass is 153 g/mol. The van der Waals surface area contributed by atoms with Crippen molar-refractivity contribution in [3.63, 3.8) is 0 Å². The summed E-state index contributed by atoms with van der Waals surface area (Å²) in [5, 5.41) is 0. The molecule has 0 bridgehead atoms. The van der Waals surface area contributed by atoms with Gasteiger partial charge in [-0.2, -0.15) is 0 Å². The van der Waals surface area contributed by atoms with Gasteiger partial charge in [0.05, 0.1) is 0 Å². The van der Waals surface area contributed by atoms with Crippen LogP contribution < -0.4 is 0 Å². The Kier molecular flexibility index (Phi) is 4.27. The average Bonchev–Trinajstić information content (AvgIpc) is 1.86. The molecule has 0 aromatic carbocycles. The molecule has 1 amide bonds. The van der Waals surface area contributed by atoms with Gasteiger partial charge in [0.2, 0.25) is 5.91 Å². The molecule has 11 heavy (non-hydrogen) atoms. The van der Waals surface area contributed by atoms with Gasteiger partial charge in [-0.1, -0.05) is 18.2 Å². The topological polar surface area (TPSA) is 20.3 Å². The minimum atomic E-state index is 0.0236. The molecule has 0 N–H and O–H groups in total. The molecule has 0 rings (SSSR count). The van der Waals surface area contributed by atoms with Crippen molar-refractivity contribution in [3.05, 3.63) is 24.3 Å². The smallest absolute Gasteiger partial charge is 0.246 e. The van der Waals surface area contributed by atoms with Gasteiger partial charge >= 0.3 is 0 Å². The van der Waals surface area contributed by atoms with Crippen LogP contribution in [0.4, 0.5) is 0 Å². The first-order valence-electron chi connectivity index (χ1n) is 3.60. The fraction of sp³-hybridized carbons (Fsp3) is 0.444. The zero-order valence-corrected chi connectivity index (χ0v) is 7.42. The van der Waals surface area contributed by atoms with Gasteiger partial charge < -0.3 is 4.90 Å². The van der Waals surface area contributed by atoms with Crippen LogP contribution in [-0.4, -0.2) is 24.4 Å². The fourth-order valence-electron chi connectivity index (χ4n) is 0.753. The number of allylic oxidation sites excluding steroid dienone is 1. The molecule has 2 heteroatoms. The van der Waals surface area contributed by atoms with E-state index in [2.05, 4.69) is 6.58 Å². The molecule has 0 radical (unpaired) electrons. The average molecular weight is 153 g/mol. The summed E-state index contributed by atoms with van der Waals surface area (Å²) in [5.41, 5.74) is 0.991. The van der Waals surface area contributed by atoms with Crippen molar-refractivity contribution in [2.24, 2.45) is 0 Å². The van der Waals surface area contributed by atoms with Crippen LogP contribution in [0.25, 0.3) is 0 Å². The highest BCUT2D eigenvalue weighted by Gasteiger charge is 2.02. The predicted molar refractivity (Wildman–Crippen MR) is 47.3 cm³/mol. The largest absolute Gasteiger partial charge is 0.338 e.